The topological polar surface area (TPSA) is 133 Å². The Balaban J connectivity index is 2.27. The van der Waals surface area contributed by atoms with Crippen LogP contribution in [0.2, 0.25) is 0 Å². The minimum atomic E-state index is -1.50. The van der Waals surface area contributed by atoms with Gasteiger partial charge in [-0.25, -0.2) is 4.79 Å². The number of benzene rings is 1. The van der Waals surface area contributed by atoms with Gasteiger partial charge < -0.3 is 21.3 Å². The average molecular weight is 400 g/mol. The van der Waals surface area contributed by atoms with Crippen molar-refractivity contribution in [1.82, 2.24) is 10.2 Å². The molecule has 3 amide bonds. The summed E-state index contributed by atoms with van der Waals surface area (Å²) >= 11 is 3.28. The molecule has 1 heterocycles. The fraction of sp³-hybridized carbons (Fsp3) is 0.400. The Morgan fingerprint density at radius 3 is 2.42 bits per heavy atom. The van der Waals surface area contributed by atoms with Crippen LogP contribution in [0.25, 0.3) is 0 Å². The maximum Gasteiger partial charge on any atom is 0.408 e. The number of rotatable bonds is 4. The first-order valence-electron chi connectivity index (χ1n) is 7.20. The van der Waals surface area contributed by atoms with Crippen molar-refractivity contribution >= 4 is 33.8 Å². The van der Waals surface area contributed by atoms with Crippen LogP contribution in [0.1, 0.15) is 18.9 Å². The first kappa shape index (κ1) is 18.2. The van der Waals surface area contributed by atoms with Gasteiger partial charge in [-0.15, -0.1) is 0 Å². The highest BCUT2D eigenvalue weighted by Crippen LogP contribution is 2.25. The summed E-state index contributed by atoms with van der Waals surface area (Å²) in [5, 5.41) is 21.3. The second-order valence-corrected chi connectivity index (χ2v) is 6.74. The number of hydrogen-bond donors (Lipinski definition) is 4. The van der Waals surface area contributed by atoms with Crippen LogP contribution < -0.4 is 11.1 Å². The molecule has 0 radical (unpaired) electrons. The number of halogens is 1. The molecule has 1 unspecified atom stereocenters. The van der Waals surface area contributed by atoms with Crippen LogP contribution in [-0.2, 0) is 15.1 Å². The van der Waals surface area contributed by atoms with Crippen LogP contribution >= 0.6 is 15.9 Å². The smallest absolute Gasteiger partial charge is 0.408 e. The van der Waals surface area contributed by atoms with E-state index in [4.69, 9.17) is 10.8 Å². The second kappa shape index (κ2) is 6.78. The standard InChI is InChI=1S/C15H18BrN3O5/c1-15(13(17)22,8-2-4-9(16)5-3-8)18-12(21)11-6-10(20)7-19(11)14(23)24/h2-5,10-11,20H,6-7H2,1H3,(H2,17,22)(H,18,21)(H,23,24)/t10-,11+,15?/m1/s1. The first-order chi connectivity index (χ1) is 11.1. The Morgan fingerprint density at radius 2 is 1.92 bits per heavy atom. The van der Waals surface area contributed by atoms with E-state index in [1.807, 2.05) is 0 Å². The van der Waals surface area contributed by atoms with E-state index in [0.717, 1.165) is 9.37 Å². The summed E-state index contributed by atoms with van der Waals surface area (Å²) in [4.78, 5) is 36.5. The zero-order valence-corrected chi connectivity index (χ0v) is 14.5. The van der Waals surface area contributed by atoms with Crippen molar-refractivity contribution in [2.45, 2.75) is 31.0 Å². The highest BCUT2D eigenvalue weighted by atomic mass is 79.9. The molecule has 1 fully saturated rings. The van der Waals surface area contributed by atoms with Crippen molar-refractivity contribution < 1.29 is 24.6 Å². The Bertz CT molecular complexity index is 666. The van der Waals surface area contributed by atoms with Gasteiger partial charge in [-0.1, -0.05) is 28.1 Å². The van der Waals surface area contributed by atoms with Gasteiger partial charge in [-0.05, 0) is 24.6 Å². The van der Waals surface area contributed by atoms with Crippen LogP contribution in [0.3, 0.4) is 0 Å². The Labute approximate surface area is 146 Å². The highest BCUT2D eigenvalue weighted by molar-refractivity contribution is 9.10. The van der Waals surface area contributed by atoms with E-state index in [1.54, 1.807) is 24.3 Å². The van der Waals surface area contributed by atoms with Crippen molar-refractivity contribution in [3.05, 3.63) is 34.3 Å². The number of carbonyl (C=O) groups is 3. The van der Waals surface area contributed by atoms with E-state index in [1.165, 1.54) is 6.92 Å². The molecule has 0 aliphatic carbocycles. The molecule has 130 valence electrons. The molecule has 1 aliphatic rings. The third-order valence-electron chi connectivity index (χ3n) is 4.11. The number of primary amides is 1. The van der Waals surface area contributed by atoms with Gasteiger partial charge in [0.2, 0.25) is 11.8 Å². The summed E-state index contributed by atoms with van der Waals surface area (Å²) < 4.78 is 0.792. The van der Waals surface area contributed by atoms with Gasteiger partial charge in [-0.3, -0.25) is 14.5 Å². The number of nitrogens with one attached hydrogen (secondary N) is 1. The molecule has 1 saturated heterocycles. The van der Waals surface area contributed by atoms with Crippen molar-refractivity contribution in [3.8, 4) is 0 Å². The first-order valence-corrected chi connectivity index (χ1v) is 8.00. The molecule has 1 aromatic carbocycles. The highest BCUT2D eigenvalue weighted by Gasteiger charge is 2.43. The van der Waals surface area contributed by atoms with Gasteiger partial charge in [0.05, 0.1) is 12.6 Å². The van der Waals surface area contributed by atoms with E-state index in [0.29, 0.717) is 5.56 Å². The third-order valence-corrected chi connectivity index (χ3v) is 4.64. The van der Waals surface area contributed by atoms with Crippen LogP contribution in [0, 0.1) is 0 Å². The maximum atomic E-state index is 12.5. The molecular weight excluding hydrogens is 382 g/mol. The zero-order valence-electron chi connectivity index (χ0n) is 12.9. The normalized spacial score (nSPS) is 22.7. The molecular formula is C15H18BrN3O5. The summed E-state index contributed by atoms with van der Waals surface area (Å²) in [5.74, 6) is -1.46. The summed E-state index contributed by atoms with van der Waals surface area (Å²) in [6.45, 7) is 1.30. The minimum Gasteiger partial charge on any atom is -0.465 e. The van der Waals surface area contributed by atoms with Gasteiger partial charge in [0.1, 0.15) is 11.6 Å². The molecule has 1 aromatic rings. The SMILES string of the molecule is CC(NC(=O)[C@@H]1C[C@@H](O)CN1C(=O)O)(C(N)=O)c1ccc(Br)cc1. The fourth-order valence-electron chi connectivity index (χ4n) is 2.66. The quantitative estimate of drug-likeness (QED) is 0.580. The van der Waals surface area contributed by atoms with Gasteiger partial charge in [0.15, 0.2) is 0 Å². The Morgan fingerprint density at radius 1 is 1.33 bits per heavy atom. The predicted octanol–water partition coefficient (Wildman–Crippen LogP) is 0.379. The molecule has 2 rings (SSSR count). The molecule has 8 nitrogen and oxygen atoms in total. The minimum absolute atomic E-state index is 0.0344. The number of nitrogens with two attached hydrogens (primary N) is 1. The summed E-state index contributed by atoms with van der Waals surface area (Å²) in [6.07, 6.45) is -2.27. The van der Waals surface area contributed by atoms with E-state index < -0.39 is 35.6 Å². The lowest BCUT2D eigenvalue weighted by Crippen LogP contribution is -2.57. The van der Waals surface area contributed by atoms with Crippen molar-refractivity contribution in [3.63, 3.8) is 0 Å². The number of likely N-dealkylation sites (tertiary alicyclic amines) is 1. The molecule has 5 N–H and O–H groups in total. The number of aliphatic hydroxyl groups is 1. The summed E-state index contributed by atoms with van der Waals surface area (Å²) in [5.41, 5.74) is 4.43. The molecule has 24 heavy (non-hydrogen) atoms. The van der Waals surface area contributed by atoms with Gasteiger partial charge >= 0.3 is 6.09 Å². The van der Waals surface area contributed by atoms with Crippen molar-refractivity contribution in [2.75, 3.05) is 6.54 Å². The van der Waals surface area contributed by atoms with E-state index >= 15 is 0 Å². The number of aliphatic hydroxyl groups excluding tert-OH is 1. The van der Waals surface area contributed by atoms with Crippen LogP contribution in [-0.4, -0.2) is 51.7 Å². The fourth-order valence-corrected chi connectivity index (χ4v) is 2.93. The van der Waals surface area contributed by atoms with Gasteiger partial charge in [-0.2, -0.15) is 0 Å². The number of β-amino-alcohol motifs (C(OH)–C–C–N with tert-alkyl or cyclic N) is 1. The molecule has 3 atom stereocenters. The molecule has 1 aliphatic heterocycles. The monoisotopic (exact) mass is 399 g/mol. The molecule has 0 saturated carbocycles. The van der Waals surface area contributed by atoms with E-state index in [-0.39, 0.29) is 13.0 Å². The lowest BCUT2D eigenvalue weighted by Gasteiger charge is -2.31. The average Bonchev–Trinajstić information content (AvgIpc) is 2.90. The number of nitrogens with zero attached hydrogens (tertiary/aromatic N) is 1. The van der Waals surface area contributed by atoms with E-state index in [2.05, 4.69) is 21.2 Å². The summed E-state index contributed by atoms with van der Waals surface area (Å²) in [7, 11) is 0. The predicted molar refractivity (Wildman–Crippen MR) is 88.0 cm³/mol. The maximum absolute atomic E-state index is 12.5. The van der Waals surface area contributed by atoms with Crippen LogP contribution in [0.4, 0.5) is 4.79 Å². The van der Waals surface area contributed by atoms with Crippen molar-refractivity contribution in [2.24, 2.45) is 5.73 Å². The molecule has 0 spiro atoms. The largest absolute Gasteiger partial charge is 0.465 e. The summed E-state index contributed by atoms with van der Waals surface area (Å²) in [6, 6.07) is 5.59. The second-order valence-electron chi connectivity index (χ2n) is 5.83. The van der Waals surface area contributed by atoms with Crippen LogP contribution in [0.15, 0.2) is 28.7 Å². The van der Waals surface area contributed by atoms with Crippen LogP contribution in [0.5, 0.6) is 0 Å². The van der Waals surface area contributed by atoms with E-state index in [9.17, 15) is 19.5 Å². The lowest BCUT2D eigenvalue weighted by molar-refractivity contribution is -0.133. The number of carbonyl (C=O) groups excluding carboxylic acids is 2. The zero-order chi connectivity index (χ0) is 18.1. The molecule has 9 heteroatoms. The molecule has 0 bridgehead atoms. The third kappa shape index (κ3) is 3.51. The Kier molecular flexibility index (Phi) is 5.14. The van der Waals surface area contributed by atoms with Gasteiger partial charge in [0.25, 0.3) is 0 Å². The number of amides is 3. The number of carboxylic acid groups (broad SMARTS) is 1. The Hall–Kier alpha value is -2.13. The lowest BCUT2D eigenvalue weighted by atomic mass is 9.90. The van der Waals surface area contributed by atoms with Crippen molar-refractivity contribution in [1.29, 1.82) is 0 Å². The molecule has 0 aromatic heterocycles. The van der Waals surface area contributed by atoms with Gasteiger partial charge in [0, 0.05) is 10.9 Å². The number of hydrogen-bond acceptors (Lipinski definition) is 4.